The first kappa shape index (κ1) is 11.4. The van der Waals surface area contributed by atoms with Crippen molar-refractivity contribution in [2.24, 2.45) is 0 Å². The van der Waals surface area contributed by atoms with Crippen LogP contribution in [-0.4, -0.2) is 30.3 Å². The van der Waals surface area contributed by atoms with Gasteiger partial charge < -0.3 is 19.2 Å². The molecule has 1 spiro atoms. The number of carboxylic acids is 1. The van der Waals surface area contributed by atoms with Crippen molar-refractivity contribution < 1.29 is 19.1 Å². The van der Waals surface area contributed by atoms with E-state index >= 15 is 0 Å². The van der Waals surface area contributed by atoms with Crippen LogP contribution < -0.4 is 9.64 Å². The van der Waals surface area contributed by atoms with Gasteiger partial charge in [0.05, 0.1) is 6.54 Å². The Morgan fingerprint density at radius 1 is 1.39 bits per heavy atom. The van der Waals surface area contributed by atoms with E-state index in [2.05, 4.69) is 0 Å². The average Bonchev–Trinajstić information content (AvgIpc) is 2.74. The summed E-state index contributed by atoms with van der Waals surface area (Å²) in [6.45, 7) is 0.804. The van der Waals surface area contributed by atoms with Gasteiger partial charge in [-0.1, -0.05) is 6.42 Å². The first-order valence-electron chi connectivity index (χ1n) is 6.37. The summed E-state index contributed by atoms with van der Waals surface area (Å²) < 4.78 is 11.3. The molecule has 5 nitrogen and oxygen atoms in total. The fourth-order valence-electron chi connectivity index (χ4n) is 3.01. The van der Waals surface area contributed by atoms with E-state index in [0.29, 0.717) is 5.95 Å². The molecule has 3 rings (SSSR count). The third-order valence-corrected chi connectivity index (χ3v) is 3.90. The Balaban J connectivity index is 1.93. The van der Waals surface area contributed by atoms with Crippen LogP contribution in [-0.2, 0) is 0 Å². The molecule has 98 valence electrons. The highest BCUT2D eigenvalue weighted by Crippen LogP contribution is 2.44. The van der Waals surface area contributed by atoms with Crippen LogP contribution in [0.3, 0.4) is 0 Å². The smallest absolute Gasteiger partial charge is 0.372 e. The highest BCUT2D eigenvalue weighted by molar-refractivity contribution is 5.86. The maximum atomic E-state index is 10.9. The SMILES string of the molecule is CN1CC2(CCCCC2)Oc2oc(C(=O)O)cc21. The van der Waals surface area contributed by atoms with E-state index in [-0.39, 0.29) is 11.4 Å². The highest BCUT2D eigenvalue weighted by atomic mass is 16.6. The second-order valence-electron chi connectivity index (χ2n) is 5.29. The first-order chi connectivity index (χ1) is 8.60. The molecular formula is C13H17NO4. The molecule has 1 aliphatic carbocycles. The fraction of sp³-hybridized carbons (Fsp3) is 0.615. The third kappa shape index (κ3) is 1.74. The number of hydrogen-bond donors (Lipinski definition) is 1. The normalized spacial score (nSPS) is 21.5. The van der Waals surface area contributed by atoms with Crippen LogP contribution in [0.5, 0.6) is 5.95 Å². The fourth-order valence-corrected chi connectivity index (χ4v) is 3.01. The predicted octanol–water partition coefficient (Wildman–Crippen LogP) is 2.51. The number of anilines is 1. The van der Waals surface area contributed by atoms with Crippen LogP contribution in [0.15, 0.2) is 10.5 Å². The number of fused-ring (bicyclic) bond motifs is 1. The van der Waals surface area contributed by atoms with Gasteiger partial charge in [-0.25, -0.2) is 4.79 Å². The number of furan rings is 1. The zero-order chi connectivity index (χ0) is 12.8. The molecule has 1 saturated carbocycles. The zero-order valence-electron chi connectivity index (χ0n) is 10.4. The molecule has 0 bridgehead atoms. The minimum absolute atomic E-state index is 0.0558. The van der Waals surface area contributed by atoms with E-state index in [0.717, 1.165) is 37.9 Å². The van der Waals surface area contributed by atoms with Gasteiger partial charge in [0.2, 0.25) is 5.76 Å². The predicted molar refractivity (Wildman–Crippen MR) is 65.4 cm³/mol. The molecule has 18 heavy (non-hydrogen) atoms. The zero-order valence-corrected chi connectivity index (χ0v) is 10.4. The first-order valence-corrected chi connectivity index (χ1v) is 6.37. The minimum Gasteiger partial charge on any atom is -0.475 e. The summed E-state index contributed by atoms with van der Waals surface area (Å²) in [4.78, 5) is 13.0. The quantitative estimate of drug-likeness (QED) is 0.830. The molecule has 0 atom stereocenters. The van der Waals surface area contributed by atoms with Gasteiger partial charge in [0.15, 0.2) is 0 Å². The number of carboxylic acid groups (broad SMARTS) is 1. The van der Waals surface area contributed by atoms with E-state index < -0.39 is 5.97 Å². The van der Waals surface area contributed by atoms with Crippen LogP contribution in [0.4, 0.5) is 5.69 Å². The van der Waals surface area contributed by atoms with E-state index in [1.165, 1.54) is 12.5 Å². The van der Waals surface area contributed by atoms with Crippen LogP contribution in [0.25, 0.3) is 0 Å². The third-order valence-electron chi connectivity index (χ3n) is 3.90. The van der Waals surface area contributed by atoms with Gasteiger partial charge in [-0.3, -0.25) is 0 Å². The number of aromatic carboxylic acids is 1. The van der Waals surface area contributed by atoms with Crippen molar-refractivity contribution in [1.29, 1.82) is 0 Å². The molecule has 5 heteroatoms. The molecule has 1 aliphatic heterocycles. The lowest BCUT2D eigenvalue weighted by molar-refractivity contribution is 0.00643. The van der Waals surface area contributed by atoms with Gasteiger partial charge in [-0.2, -0.15) is 0 Å². The van der Waals surface area contributed by atoms with Gasteiger partial charge >= 0.3 is 11.9 Å². The van der Waals surface area contributed by atoms with Gasteiger partial charge in [0.1, 0.15) is 11.3 Å². The van der Waals surface area contributed by atoms with Crippen LogP contribution >= 0.6 is 0 Å². The molecule has 1 aromatic heterocycles. The highest BCUT2D eigenvalue weighted by Gasteiger charge is 2.42. The van der Waals surface area contributed by atoms with E-state index in [9.17, 15) is 4.79 Å². The van der Waals surface area contributed by atoms with Crippen LogP contribution in [0.1, 0.15) is 42.7 Å². The lowest BCUT2D eigenvalue weighted by Gasteiger charge is -2.43. The van der Waals surface area contributed by atoms with Crippen molar-refractivity contribution in [3.8, 4) is 5.95 Å². The second-order valence-corrected chi connectivity index (χ2v) is 5.29. The molecule has 0 amide bonds. The van der Waals surface area contributed by atoms with Crippen molar-refractivity contribution in [3.05, 3.63) is 11.8 Å². The molecule has 1 aromatic rings. The van der Waals surface area contributed by atoms with Gasteiger partial charge in [-0.15, -0.1) is 0 Å². The molecule has 0 unspecified atom stereocenters. The summed E-state index contributed by atoms with van der Waals surface area (Å²) in [6, 6.07) is 1.54. The summed E-state index contributed by atoms with van der Waals surface area (Å²) in [5.41, 5.74) is 0.553. The monoisotopic (exact) mass is 251 g/mol. The number of likely N-dealkylation sites (N-methyl/N-ethyl adjacent to an activating group) is 1. The topological polar surface area (TPSA) is 62.9 Å². The molecule has 0 aromatic carbocycles. The second kappa shape index (κ2) is 3.93. The molecule has 2 aliphatic rings. The maximum Gasteiger partial charge on any atom is 0.372 e. The van der Waals surface area contributed by atoms with Crippen molar-refractivity contribution in [1.82, 2.24) is 0 Å². The Bertz CT molecular complexity index is 473. The number of ether oxygens (including phenoxy) is 1. The molecule has 1 N–H and O–H groups in total. The molecule has 2 heterocycles. The molecule has 0 saturated heterocycles. The molecule has 0 radical (unpaired) electrons. The lowest BCUT2D eigenvalue weighted by atomic mass is 9.83. The Hall–Kier alpha value is -1.65. The van der Waals surface area contributed by atoms with Crippen molar-refractivity contribution in [2.75, 3.05) is 18.5 Å². The standard InChI is InChI=1S/C13H17NO4/c1-14-8-13(5-3-2-4-6-13)18-12-9(14)7-10(17-12)11(15)16/h7H,2-6,8H2,1H3,(H,15,16). The van der Waals surface area contributed by atoms with Gasteiger partial charge in [-0.05, 0) is 25.7 Å². The maximum absolute atomic E-state index is 10.9. The van der Waals surface area contributed by atoms with Crippen molar-refractivity contribution >= 4 is 11.7 Å². The van der Waals surface area contributed by atoms with Crippen LogP contribution in [0.2, 0.25) is 0 Å². The van der Waals surface area contributed by atoms with Crippen LogP contribution in [0, 0.1) is 0 Å². The van der Waals surface area contributed by atoms with E-state index in [1.807, 2.05) is 11.9 Å². The number of hydrogen-bond acceptors (Lipinski definition) is 4. The Morgan fingerprint density at radius 3 is 2.78 bits per heavy atom. The Labute approximate surface area is 105 Å². The summed E-state index contributed by atoms with van der Waals surface area (Å²) in [6.07, 6.45) is 5.60. The van der Waals surface area contributed by atoms with Gasteiger partial charge in [0, 0.05) is 13.1 Å². The summed E-state index contributed by atoms with van der Waals surface area (Å²) in [5, 5.41) is 8.95. The molecular weight excluding hydrogens is 234 g/mol. The summed E-state index contributed by atoms with van der Waals surface area (Å²) >= 11 is 0. The largest absolute Gasteiger partial charge is 0.475 e. The molecule has 1 fully saturated rings. The average molecular weight is 251 g/mol. The van der Waals surface area contributed by atoms with Crippen molar-refractivity contribution in [2.45, 2.75) is 37.7 Å². The van der Waals surface area contributed by atoms with E-state index in [4.69, 9.17) is 14.3 Å². The Kier molecular flexibility index (Phi) is 2.50. The Morgan fingerprint density at radius 2 is 2.11 bits per heavy atom. The van der Waals surface area contributed by atoms with Crippen molar-refractivity contribution in [3.63, 3.8) is 0 Å². The lowest BCUT2D eigenvalue weighted by Crippen LogP contribution is -2.50. The van der Waals surface area contributed by atoms with Gasteiger partial charge in [0.25, 0.3) is 0 Å². The number of rotatable bonds is 1. The minimum atomic E-state index is -1.06. The number of carbonyl (C=O) groups is 1. The summed E-state index contributed by atoms with van der Waals surface area (Å²) in [5.74, 6) is -0.748. The summed E-state index contributed by atoms with van der Waals surface area (Å²) in [7, 11) is 1.96. The number of nitrogens with zero attached hydrogens (tertiary/aromatic N) is 1. The van der Waals surface area contributed by atoms with E-state index in [1.54, 1.807) is 0 Å².